The van der Waals surface area contributed by atoms with E-state index < -0.39 is 0 Å². The molecule has 0 saturated heterocycles. The summed E-state index contributed by atoms with van der Waals surface area (Å²) in [5.74, 6) is -0.0786. The second-order valence-electron chi connectivity index (χ2n) is 7.95. The van der Waals surface area contributed by atoms with Gasteiger partial charge in [-0.3, -0.25) is 14.9 Å². The number of rotatable bonds is 5. The van der Waals surface area contributed by atoms with Crippen molar-refractivity contribution >= 4 is 29.3 Å². The maximum absolute atomic E-state index is 13.5. The second kappa shape index (κ2) is 8.57. The number of benzene rings is 2. The Hall–Kier alpha value is -3.29. The highest BCUT2D eigenvalue weighted by Gasteiger charge is 2.42. The molecular weight excluding hydrogens is 456 g/mol. The van der Waals surface area contributed by atoms with Gasteiger partial charge in [0, 0.05) is 40.0 Å². The van der Waals surface area contributed by atoms with Gasteiger partial charge in [0.05, 0.1) is 6.04 Å². The third-order valence-electron chi connectivity index (χ3n) is 5.90. The predicted octanol–water partition coefficient (Wildman–Crippen LogP) is 5.61. The van der Waals surface area contributed by atoms with Gasteiger partial charge in [-0.05, 0) is 60.2 Å². The van der Waals surface area contributed by atoms with Crippen molar-refractivity contribution in [2.24, 2.45) is 0 Å². The van der Waals surface area contributed by atoms with Crippen LogP contribution in [-0.2, 0) is 6.54 Å². The number of carbonyl (C=O) groups excluding carboxylic acids is 1. The number of H-pyrrole nitrogens is 1. The molecule has 1 aliphatic heterocycles. The molecular formula is C25H21ClN4O2S. The van der Waals surface area contributed by atoms with Crippen molar-refractivity contribution in [1.29, 1.82) is 0 Å². The van der Waals surface area contributed by atoms with E-state index in [0.717, 1.165) is 27.1 Å². The van der Waals surface area contributed by atoms with E-state index in [1.807, 2.05) is 54.5 Å². The van der Waals surface area contributed by atoms with E-state index in [1.165, 1.54) is 0 Å². The molecule has 2 aromatic heterocycles. The molecule has 4 aromatic rings. The van der Waals surface area contributed by atoms with Crippen LogP contribution >= 0.6 is 23.4 Å². The van der Waals surface area contributed by atoms with Crippen LogP contribution in [0.3, 0.4) is 0 Å². The molecule has 8 heteroatoms. The van der Waals surface area contributed by atoms with Crippen molar-refractivity contribution in [3.63, 3.8) is 0 Å². The minimum atomic E-state index is -0.378. The molecule has 0 unspecified atom stereocenters. The van der Waals surface area contributed by atoms with Crippen LogP contribution in [0, 0.1) is 6.92 Å². The minimum Gasteiger partial charge on any atom is -0.507 e. The van der Waals surface area contributed by atoms with Crippen LogP contribution < -0.4 is 0 Å². The summed E-state index contributed by atoms with van der Waals surface area (Å²) < 4.78 is 0. The highest BCUT2D eigenvalue weighted by Crippen LogP contribution is 2.46. The zero-order valence-corrected chi connectivity index (χ0v) is 19.6. The molecule has 0 fully saturated rings. The Kier molecular flexibility index (Phi) is 5.60. The third-order valence-corrected chi connectivity index (χ3v) is 7.05. The summed E-state index contributed by atoms with van der Waals surface area (Å²) in [5.41, 5.74) is 4.82. The fraction of sp³-hybridized carbons (Fsp3) is 0.160. The van der Waals surface area contributed by atoms with Gasteiger partial charge >= 0.3 is 0 Å². The zero-order valence-electron chi connectivity index (χ0n) is 18.0. The van der Waals surface area contributed by atoms with E-state index in [-0.39, 0.29) is 17.7 Å². The summed E-state index contributed by atoms with van der Waals surface area (Å²) in [6, 6.07) is 14.9. The number of hydrogen-bond acceptors (Lipinski definition) is 5. The number of thioether (sulfide) groups is 1. The standard InChI is InChI=1S/C25H21ClN4O2S/c1-14-10-20(31)18(11-19(14)26)22-21-23(29-28-22)25(32)30(13-15-4-3-9-27-12-15)24(21)16-5-7-17(33-2)8-6-16/h3-12,24,31H,13H2,1-2H3,(H,28,29)/t24-/m0/s1. The van der Waals surface area contributed by atoms with Crippen molar-refractivity contribution in [2.75, 3.05) is 6.26 Å². The molecule has 5 rings (SSSR count). The first-order valence-corrected chi connectivity index (χ1v) is 12.0. The predicted molar refractivity (Wildman–Crippen MR) is 130 cm³/mol. The van der Waals surface area contributed by atoms with Crippen LogP contribution in [0.5, 0.6) is 5.75 Å². The van der Waals surface area contributed by atoms with E-state index in [1.54, 1.807) is 36.3 Å². The normalized spacial score (nSPS) is 15.2. The maximum Gasteiger partial charge on any atom is 0.273 e. The average molecular weight is 477 g/mol. The van der Waals surface area contributed by atoms with E-state index >= 15 is 0 Å². The number of halogens is 1. The Morgan fingerprint density at radius 3 is 2.70 bits per heavy atom. The summed E-state index contributed by atoms with van der Waals surface area (Å²) in [6.45, 7) is 2.22. The van der Waals surface area contributed by atoms with Crippen molar-refractivity contribution in [3.05, 3.63) is 93.9 Å². The number of phenolic OH excluding ortho intramolecular Hbond substituents is 1. The molecule has 3 heterocycles. The molecule has 33 heavy (non-hydrogen) atoms. The molecule has 0 radical (unpaired) electrons. The molecule has 0 aliphatic carbocycles. The summed E-state index contributed by atoms with van der Waals surface area (Å²) >= 11 is 8.03. The van der Waals surface area contributed by atoms with E-state index in [4.69, 9.17) is 11.6 Å². The first-order chi connectivity index (χ1) is 16.0. The second-order valence-corrected chi connectivity index (χ2v) is 9.24. The van der Waals surface area contributed by atoms with Gasteiger partial charge in [0.25, 0.3) is 5.91 Å². The molecule has 1 aliphatic rings. The number of aromatic hydroxyl groups is 1. The van der Waals surface area contributed by atoms with Crippen LogP contribution in [0.25, 0.3) is 11.3 Å². The van der Waals surface area contributed by atoms with Gasteiger partial charge in [-0.1, -0.05) is 29.8 Å². The van der Waals surface area contributed by atoms with Crippen LogP contribution in [-0.4, -0.2) is 37.4 Å². The summed E-state index contributed by atoms with van der Waals surface area (Å²) in [5, 5.41) is 18.6. The van der Waals surface area contributed by atoms with Crippen LogP contribution in [0.1, 0.15) is 38.8 Å². The molecule has 0 saturated carbocycles. The fourth-order valence-corrected chi connectivity index (χ4v) is 4.81. The number of nitrogens with zero attached hydrogens (tertiary/aromatic N) is 3. The molecule has 1 atom stereocenters. The van der Waals surface area contributed by atoms with Gasteiger partial charge in [-0.25, -0.2) is 0 Å². The van der Waals surface area contributed by atoms with Gasteiger partial charge < -0.3 is 10.0 Å². The smallest absolute Gasteiger partial charge is 0.273 e. The number of phenols is 1. The lowest BCUT2D eigenvalue weighted by molar-refractivity contribution is 0.0730. The number of pyridine rings is 1. The Morgan fingerprint density at radius 2 is 2.00 bits per heavy atom. The van der Waals surface area contributed by atoms with Gasteiger partial charge in [0.1, 0.15) is 17.1 Å². The van der Waals surface area contributed by atoms with Gasteiger partial charge in [0.2, 0.25) is 0 Å². The quantitative estimate of drug-likeness (QED) is 0.366. The number of aromatic amines is 1. The third kappa shape index (κ3) is 3.77. The minimum absolute atomic E-state index is 0.0702. The summed E-state index contributed by atoms with van der Waals surface area (Å²) in [7, 11) is 0. The number of nitrogens with one attached hydrogen (secondary N) is 1. The molecule has 0 bridgehead atoms. The number of carbonyl (C=O) groups is 1. The van der Waals surface area contributed by atoms with Crippen molar-refractivity contribution in [3.8, 4) is 17.0 Å². The first kappa shape index (κ1) is 21.6. The summed E-state index contributed by atoms with van der Waals surface area (Å²) in [4.78, 5) is 20.6. The van der Waals surface area contributed by atoms with Gasteiger partial charge in [-0.2, -0.15) is 5.10 Å². The Bertz CT molecular complexity index is 1340. The van der Waals surface area contributed by atoms with Crippen LogP contribution in [0.4, 0.5) is 0 Å². The van der Waals surface area contributed by atoms with E-state index in [2.05, 4.69) is 15.2 Å². The molecule has 2 aromatic carbocycles. The zero-order chi connectivity index (χ0) is 23.1. The number of hydrogen-bond donors (Lipinski definition) is 2. The molecule has 166 valence electrons. The van der Waals surface area contributed by atoms with E-state index in [9.17, 15) is 9.90 Å². The lowest BCUT2D eigenvalue weighted by Gasteiger charge is -2.26. The molecule has 2 N–H and O–H groups in total. The van der Waals surface area contributed by atoms with Crippen molar-refractivity contribution in [2.45, 2.75) is 24.4 Å². The van der Waals surface area contributed by atoms with Crippen LogP contribution in [0.15, 0.2) is 65.8 Å². The topological polar surface area (TPSA) is 82.1 Å². The van der Waals surface area contributed by atoms with Crippen LogP contribution in [0.2, 0.25) is 5.02 Å². The largest absolute Gasteiger partial charge is 0.507 e. The maximum atomic E-state index is 13.5. The molecule has 6 nitrogen and oxygen atoms in total. The van der Waals surface area contributed by atoms with Gasteiger partial charge in [0.15, 0.2) is 0 Å². The van der Waals surface area contributed by atoms with Crippen molar-refractivity contribution in [1.82, 2.24) is 20.1 Å². The Labute approximate surface area is 200 Å². The monoisotopic (exact) mass is 476 g/mol. The van der Waals surface area contributed by atoms with Crippen molar-refractivity contribution < 1.29 is 9.90 Å². The number of aromatic nitrogens is 3. The fourth-order valence-electron chi connectivity index (χ4n) is 4.24. The lowest BCUT2D eigenvalue weighted by atomic mass is 9.95. The highest BCUT2D eigenvalue weighted by molar-refractivity contribution is 7.98. The molecule has 1 amide bonds. The SMILES string of the molecule is CSc1ccc([C@H]2c3c(-c4cc(Cl)c(C)cc4O)n[nH]c3C(=O)N2Cc2cccnc2)cc1. The first-order valence-electron chi connectivity index (χ1n) is 10.4. The lowest BCUT2D eigenvalue weighted by Crippen LogP contribution is -2.29. The Morgan fingerprint density at radius 1 is 1.21 bits per heavy atom. The average Bonchev–Trinajstić information content (AvgIpc) is 3.36. The van der Waals surface area contributed by atoms with Gasteiger partial charge in [-0.15, -0.1) is 11.8 Å². The number of aryl methyl sites for hydroxylation is 1. The number of fused-ring (bicyclic) bond motifs is 1. The molecule has 0 spiro atoms. The van der Waals surface area contributed by atoms with E-state index in [0.29, 0.717) is 28.5 Å². The highest BCUT2D eigenvalue weighted by atomic mass is 35.5. The summed E-state index contributed by atoms with van der Waals surface area (Å²) in [6.07, 6.45) is 5.50. The Balaban J connectivity index is 1.67. The number of amides is 1.